The fourth-order valence-electron chi connectivity index (χ4n) is 2.39. The molecule has 0 atom stereocenters. The maximum absolute atomic E-state index is 12.9. The van der Waals surface area contributed by atoms with Crippen molar-refractivity contribution in [1.29, 1.82) is 0 Å². The molecule has 1 aliphatic heterocycles. The summed E-state index contributed by atoms with van der Waals surface area (Å²) in [6, 6.07) is 12.4. The number of sulfonamides is 1. The zero-order chi connectivity index (χ0) is 15.0. The molecule has 2 aromatic rings. The minimum absolute atomic E-state index is 0.0985. The molecule has 0 N–H and O–H groups in total. The van der Waals surface area contributed by atoms with Crippen molar-refractivity contribution in [3.8, 4) is 0 Å². The zero-order valence-electron chi connectivity index (χ0n) is 11.4. The van der Waals surface area contributed by atoms with Crippen molar-refractivity contribution in [2.24, 2.45) is 0 Å². The molecule has 2 aromatic carbocycles. The van der Waals surface area contributed by atoms with Gasteiger partial charge < -0.3 is 0 Å². The van der Waals surface area contributed by atoms with E-state index in [9.17, 15) is 12.8 Å². The normalized spacial score (nSPS) is 14.3. The van der Waals surface area contributed by atoms with Crippen LogP contribution in [0.2, 0.25) is 0 Å². The summed E-state index contributed by atoms with van der Waals surface area (Å²) in [7, 11) is -3.20. The van der Waals surface area contributed by atoms with E-state index >= 15 is 0 Å². The van der Waals surface area contributed by atoms with E-state index < -0.39 is 10.0 Å². The first-order valence-corrected chi connectivity index (χ1v) is 10.0. The third-order valence-electron chi connectivity index (χ3n) is 3.35. The van der Waals surface area contributed by atoms with Gasteiger partial charge in [-0.3, -0.25) is 0 Å². The summed E-state index contributed by atoms with van der Waals surface area (Å²) in [6.07, 6.45) is 1.98. The Balaban J connectivity index is 1.86. The third kappa shape index (κ3) is 3.12. The molecule has 21 heavy (non-hydrogen) atoms. The van der Waals surface area contributed by atoms with Crippen molar-refractivity contribution in [2.75, 3.05) is 17.1 Å². The number of fused-ring (bicyclic) bond motifs is 1. The Morgan fingerprint density at radius 1 is 1.10 bits per heavy atom. The number of hydrogen-bond acceptors (Lipinski definition) is 2. The summed E-state index contributed by atoms with van der Waals surface area (Å²) in [6.45, 7) is 0.515. The molecular formula is C15H14FNO2SSe. The van der Waals surface area contributed by atoms with E-state index in [0.29, 0.717) is 6.54 Å². The second-order valence-corrected chi connectivity index (χ2v) is 9.24. The SMILES string of the molecule is CS(=O)(=O)N1CCc2cc([Se]c3ccc(F)cc3)ccc21. The Labute approximate surface area is 130 Å². The van der Waals surface area contributed by atoms with Crippen molar-refractivity contribution < 1.29 is 12.8 Å². The number of halogens is 1. The fourth-order valence-corrected chi connectivity index (χ4v) is 5.20. The molecule has 0 radical (unpaired) electrons. The van der Waals surface area contributed by atoms with Gasteiger partial charge in [-0.25, -0.2) is 0 Å². The molecule has 6 heteroatoms. The molecular weight excluding hydrogens is 356 g/mol. The summed E-state index contributed by atoms with van der Waals surface area (Å²) in [5.74, 6) is -0.229. The molecule has 0 aromatic heterocycles. The topological polar surface area (TPSA) is 37.4 Å². The van der Waals surface area contributed by atoms with E-state index in [1.165, 1.54) is 27.2 Å². The van der Waals surface area contributed by atoms with E-state index in [4.69, 9.17) is 0 Å². The number of nitrogens with zero attached hydrogens (tertiary/aromatic N) is 1. The van der Waals surface area contributed by atoms with Gasteiger partial charge in [0.05, 0.1) is 0 Å². The van der Waals surface area contributed by atoms with E-state index in [1.54, 1.807) is 12.1 Å². The first-order chi connectivity index (χ1) is 9.93. The van der Waals surface area contributed by atoms with Gasteiger partial charge >= 0.3 is 130 Å². The van der Waals surface area contributed by atoms with Crippen LogP contribution in [0.25, 0.3) is 0 Å². The molecule has 3 nitrogen and oxygen atoms in total. The number of benzene rings is 2. The van der Waals surface area contributed by atoms with Crippen LogP contribution in [0.5, 0.6) is 0 Å². The summed E-state index contributed by atoms with van der Waals surface area (Å²) < 4.78 is 40.0. The predicted octanol–water partition coefficient (Wildman–Crippen LogP) is 0.803. The van der Waals surface area contributed by atoms with Gasteiger partial charge in [-0.1, -0.05) is 0 Å². The molecule has 1 aliphatic rings. The van der Waals surface area contributed by atoms with Gasteiger partial charge in [0.1, 0.15) is 0 Å². The van der Waals surface area contributed by atoms with E-state index in [0.717, 1.165) is 22.1 Å². The summed E-state index contributed by atoms with van der Waals surface area (Å²) in [5.41, 5.74) is 1.86. The Hall–Kier alpha value is -1.36. The average molecular weight is 370 g/mol. The van der Waals surface area contributed by atoms with Crippen molar-refractivity contribution in [1.82, 2.24) is 0 Å². The summed E-state index contributed by atoms with van der Waals surface area (Å²) in [5, 5.41) is 0. The first-order valence-electron chi connectivity index (χ1n) is 6.47. The minimum atomic E-state index is -3.20. The van der Waals surface area contributed by atoms with Gasteiger partial charge in [0.2, 0.25) is 0 Å². The third-order valence-corrected chi connectivity index (χ3v) is 6.63. The van der Waals surface area contributed by atoms with Crippen LogP contribution in [0.4, 0.5) is 10.1 Å². The number of hydrogen-bond donors (Lipinski definition) is 0. The molecule has 0 saturated heterocycles. The maximum atomic E-state index is 12.9. The Bertz CT molecular complexity index is 775. The van der Waals surface area contributed by atoms with Crippen molar-refractivity contribution in [2.45, 2.75) is 6.42 Å². The Kier molecular flexibility index (Phi) is 3.78. The van der Waals surface area contributed by atoms with Gasteiger partial charge in [-0.15, -0.1) is 0 Å². The quantitative estimate of drug-likeness (QED) is 0.750. The fraction of sp³-hybridized carbons (Fsp3) is 0.200. The summed E-state index contributed by atoms with van der Waals surface area (Å²) in [4.78, 5) is 0. The Morgan fingerprint density at radius 2 is 1.76 bits per heavy atom. The molecule has 3 rings (SSSR count). The van der Waals surface area contributed by atoms with Crippen LogP contribution in [-0.4, -0.2) is 36.2 Å². The average Bonchev–Trinajstić information content (AvgIpc) is 2.84. The first kappa shape index (κ1) is 14.6. The van der Waals surface area contributed by atoms with Gasteiger partial charge in [0.15, 0.2) is 0 Å². The van der Waals surface area contributed by atoms with Crippen LogP contribution in [0.15, 0.2) is 42.5 Å². The zero-order valence-corrected chi connectivity index (χ0v) is 13.9. The van der Waals surface area contributed by atoms with Crippen molar-refractivity contribution in [3.63, 3.8) is 0 Å². The molecule has 0 unspecified atom stereocenters. The second-order valence-electron chi connectivity index (χ2n) is 4.93. The molecule has 0 amide bonds. The van der Waals surface area contributed by atoms with Crippen LogP contribution in [0.1, 0.15) is 5.56 Å². The van der Waals surface area contributed by atoms with Gasteiger partial charge in [-0.2, -0.15) is 0 Å². The molecule has 0 fully saturated rings. The van der Waals surface area contributed by atoms with Crippen LogP contribution in [0.3, 0.4) is 0 Å². The molecule has 0 spiro atoms. The monoisotopic (exact) mass is 371 g/mol. The molecule has 0 saturated carbocycles. The van der Waals surface area contributed by atoms with Crippen LogP contribution >= 0.6 is 0 Å². The summed E-state index contributed by atoms with van der Waals surface area (Å²) >= 11 is 0.0985. The number of anilines is 1. The molecule has 0 aliphatic carbocycles. The molecule has 0 bridgehead atoms. The van der Waals surface area contributed by atoms with E-state index in [1.807, 2.05) is 12.1 Å². The Morgan fingerprint density at radius 3 is 2.43 bits per heavy atom. The predicted molar refractivity (Wildman–Crippen MR) is 83.8 cm³/mol. The van der Waals surface area contributed by atoms with E-state index in [-0.39, 0.29) is 20.8 Å². The standard InChI is InChI=1S/C15H14FNO2SSe/c1-20(18,19)17-9-8-11-10-14(6-7-15(11)17)21-13-4-2-12(16)3-5-13/h2-7,10H,8-9H2,1H3. The van der Waals surface area contributed by atoms with Gasteiger partial charge in [0, 0.05) is 0 Å². The van der Waals surface area contributed by atoms with Crippen LogP contribution < -0.4 is 13.2 Å². The van der Waals surface area contributed by atoms with Crippen LogP contribution in [0, 0.1) is 5.82 Å². The second kappa shape index (κ2) is 5.44. The number of rotatable bonds is 3. The van der Waals surface area contributed by atoms with E-state index in [2.05, 4.69) is 6.07 Å². The molecule has 1 heterocycles. The van der Waals surface area contributed by atoms with Crippen LogP contribution in [-0.2, 0) is 16.4 Å². The van der Waals surface area contributed by atoms with Crippen molar-refractivity contribution >= 4 is 39.6 Å². The van der Waals surface area contributed by atoms with Gasteiger partial charge in [-0.05, 0) is 0 Å². The van der Waals surface area contributed by atoms with Gasteiger partial charge in [0.25, 0.3) is 0 Å². The van der Waals surface area contributed by atoms with Crippen molar-refractivity contribution in [3.05, 3.63) is 53.8 Å². The molecule has 110 valence electrons.